The molecule has 1 aromatic heterocycles. The van der Waals surface area contributed by atoms with Crippen LogP contribution in [0.15, 0.2) is 66.9 Å². The van der Waals surface area contributed by atoms with Gasteiger partial charge < -0.3 is 4.90 Å². The minimum Gasteiger partial charge on any atom is -0.335 e. The summed E-state index contributed by atoms with van der Waals surface area (Å²) in [5.41, 5.74) is 2.60. The maximum atomic E-state index is 12.8. The number of carbonyl (C=O) groups excluding carboxylic acids is 1. The van der Waals surface area contributed by atoms with E-state index in [9.17, 15) is 4.79 Å². The summed E-state index contributed by atoms with van der Waals surface area (Å²) in [6.45, 7) is 4.50. The van der Waals surface area contributed by atoms with Crippen LogP contribution in [0.1, 0.15) is 21.6 Å². The molecule has 4 rings (SSSR count). The Balaban J connectivity index is 1.27. The number of halogens is 1. The summed E-state index contributed by atoms with van der Waals surface area (Å²) in [7, 11) is 0. The molecule has 1 aliphatic rings. The van der Waals surface area contributed by atoms with Crippen molar-refractivity contribution in [3.05, 3.63) is 88.7 Å². The van der Waals surface area contributed by atoms with Crippen molar-refractivity contribution < 1.29 is 4.79 Å². The molecular weight excluding hydrogens is 398 g/mol. The third-order valence-corrected chi connectivity index (χ3v) is 5.36. The maximum absolute atomic E-state index is 12.8. The standard InChI is InChI=1S/C23H24ClN5O/c24-21-10-4-8-20(16-21)17-29-18-22(25-26-29)23(30)28-14-12-27(13-15-28)11-5-9-19-6-2-1-3-7-19/h1-10,16,18H,11-15,17H2/b9-5+. The lowest BCUT2D eigenvalue weighted by Crippen LogP contribution is -2.48. The number of amides is 1. The molecule has 0 bridgehead atoms. The second-order valence-electron chi connectivity index (χ2n) is 7.34. The van der Waals surface area contributed by atoms with Crippen LogP contribution in [0.5, 0.6) is 0 Å². The average Bonchev–Trinajstić information content (AvgIpc) is 3.23. The van der Waals surface area contributed by atoms with Crippen molar-refractivity contribution in [2.75, 3.05) is 32.7 Å². The first-order chi connectivity index (χ1) is 14.7. The van der Waals surface area contributed by atoms with Gasteiger partial charge in [-0.05, 0) is 23.3 Å². The van der Waals surface area contributed by atoms with Crippen LogP contribution in [0.25, 0.3) is 6.08 Å². The number of benzene rings is 2. The summed E-state index contributed by atoms with van der Waals surface area (Å²) >= 11 is 6.03. The normalized spacial score (nSPS) is 15.0. The number of hydrogen-bond acceptors (Lipinski definition) is 4. The Labute approximate surface area is 181 Å². The van der Waals surface area contributed by atoms with E-state index in [0.29, 0.717) is 30.4 Å². The highest BCUT2D eigenvalue weighted by Crippen LogP contribution is 2.12. The zero-order chi connectivity index (χ0) is 20.8. The zero-order valence-corrected chi connectivity index (χ0v) is 17.4. The van der Waals surface area contributed by atoms with E-state index in [1.165, 1.54) is 5.56 Å². The molecule has 0 atom stereocenters. The van der Waals surface area contributed by atoms with Gasteiger partial charge in [-0.2, -0.15) is 0 Å². The van der Waals surface area contributed by atoms with E-state index in [0.717, 1.165) is 25.2 Å². The highest BCUT2D eigenvalue weighted by molar-refractivity contribution is 6.30. The largest absolute Gasteiger partial charge is 0.335 e. The Morgan fingerprint density at radius 1 is 1.03 bits per heavy atom. The predicted molar refractivity (Wildman–Crippen MR) is 118 cm³/mol. The van der Waals surface area contributed by atoms with E-state index < -0.39 is 0 Å². The molecule has 0 aliphatic carbocycles. The fourth-order valence-corrected chi connectivity index (χ4v) is 3.71. The molecule has 0 saturated carbocycles. The quantitative estimate of drug-likeness (QED) is 0.611. The van der Waals surface area contributed by atoms with Gasteiger partial charge in [-0.15, -0.1) is 5.10 Å². The van der Waals surface area contributed by atoms with Crippen LogP contribution in [0.3, 0.4) is 0 Å². The molecular formula is C23H24ClN5O. The van der Waals surface area contributed by atoms with Gasteiger partial charge >= 0.3 is 0 Å². The van der Waals surface area contributed by atoms with Gasteiger partial charge in [0.1, 0.15) is 0 Å². The van der Waals surface area contributed by atoms with Crippen molar-refractivity contribution >= 4 is 23.6 Å². The fourth-order valence-electron chi connectivity index (χ4n) is 3.49. The van der Waals surface area contributed by atoms with E-state index in [-0.39, 0.29) is 5.91 Å². The van der Waals surface area contributed by atoms with Crippen LogP contribution in [-0.2, 0) is 6.54 Å². The second-order valence-corrected chi connectivity index (χ2v) is 7.77. The Hall–Kier alpha value is -2.96. The van der Waals surface area contributed by atoms with E-state index in [1.807, 2.05) is 47.4 Å². The van der Waals surface area contributed by atoms with Gasteiger partial charge in [-0.3, -0.25) is 9.69 Å². The molecule has 1 saturated heterocycles. The zero-order valence-electron chi connectivity index (χ0n) is 16.7. The first kappa shape index (κ1) is 20.3. The molecule has 0 radical (unpaired) electrons. The second kappa shape index (κ2) is 9.69. The minimum absolute atomic E-state index is 0.0631. The van der Waals surface area contributed by atoms with Gasteiger partial charge in [-0.1, -0.05) is 71.4 Å². The number of piperazine rings is 1. The number of carbonyl (C=O) groups is 1. The van der Waals surface area contributed by atoms with Crippen LogP contribution < -0.4 is 0 Å². The molecule has 7 heteroatoms. The van der Waals surface area contributed by atoms with E-state index in [1.54, 1.807) is 10.9 Å². The summed E-state index contributed by atoms with van der Waals surface area (Å²) in [5.74, 6) is -0.0631. The van der Waals surface area contributed by atoms with E-state index in [4.69, 9.17) is 11.6 Å². The van der Waals surface area contributed by atoms with Gasteiger partial charge in [0.2, 0.25) is 0 Å². The first-order valence-electron chi connectivity index (χ1n) is 10.1. The van der Waals surface area contributed by atoms with Crippen molar-refractivity contribution in [3.63, 3.8) is 0 Å². The number of hydrogen-bond donors (Lipinski definition) is 0. The van der Waals surface area contributed by atoms with E-state index in [2.05, 4.69) is 39.5 Å². The number of rotatable bonds is 6. The molecule has 0 N–H and O–H groups in total. The molecule has 1 aliphatic heterocycles. The molecule has 30 heavy (non-hydrogen) atoms. The van der Waals surface area contributed by atoms with Crippen LogP contribution in [-0.4, -0.2) is 63.4 Å². The summed E-state index contributed by atoms with van der Waals surface area (Å²) < 4.78 is 1.67. The molecule has 0 spiro atoms. The Morgan fingerprint density at radius 2 is 1.83 bits per heavy atom. The smallest absolute Gasteiger partial charge is 0.276 e. The molecule has 2 heterocycles. The molecule has 154 valence electrons. The molecule has 1 amide bonds. The van der Waals surface area contributed by atoms with Crippen molar-refractivity contribution in [2.45, 2.75) is 6.54 Å². The van der Waals surface area contributed by atoms with Gasteiger partial charge in [0.25, 0.3) is 5.91 Å². The Morgan fingerprint density at radius 3 is 2.60 bits per heavy atom. The summed E-state index contributed by atoms with van der Waals surface area (Å²) in [6.07, 6.45) is 6.02. The lowest BCUT2D eigenvalue weighted by molar-refractivity contribution is 0.0644. The molecule has 0 unspecified atom stereocenters. The summed E-state index contributed by atoms with van der Waals surface area (Å²) in [5, 5.41) is 8.85. The molecule has 3 aromatic rings. The number of aromatic nitrogens is 3. The van der Waals surface area contributed by atoms with Crippen LogP contribution in [0.2, 0.25) is 5.02 Å². The molecule has 2 aromatic carbocycles. The van der Waals surface area contributed by atoms with Crippen LogP contribution in [0.4, 0.5) is 0 Å². The van der Waals surface area contributed by atoms with Gasteiger partial charge in [-0.25, -0.2) is 4.68 Å². The Kier molecular flexibility index (Phi) is 6.57. The monoisotopic (exact) mass is 421 g/mol. The van der Waals surface area contributed by atoms with Gasteiger partial charge in [0.15, 0.2) is 5.69 Å². The average molecular weight is 422 g/mol. The SMILES string of the molecule is O=C(c1cn(Cc2cccc(Cl)c2)nn1)N1CCN(C/C=C/c2ccccc2)CC1. The van der Waals surface area contributed by atoms with E-state index >= 15 is 0 Å². The lowest BCUT2D eigenvalue weighted by atomic mass is 10.2. The summed E-state index contributed by atoms with van der Waals surface area (Å²) in [4.78, 5) is 17.0. The van der Waals surface area contributed by atoms with Gasteiger partial charge in [0.05, 0.1) is 12.7 Å². The van der Waals surface area contributed by atoms with Crippen molar-refractivity contribution in [2.24, 2.45) is 0 Å². The van der Waals surface area contributed by atoms with Crippen LogP contribution >= 0.6 is 11.6 Å². The number of nitrogens with zero attached hydrogens (tertiary/aromatic N) is 5. The molecule has 6 nitrogen and oxygen atoms in total. The summed E-state index contributed by atoms with van der Waals surface area (Å²) in [6, 6.07) is 17.9. The first-order valence-corrected chi connectivity index (χ1v) is 10.4. The van der Waals surface area contributed by atoms with Crippen molar-refractivity contribution in [3.8, 4) is 0 Å². The van der Waals surface area contributed by atoms with Crippen molar-refractivity contribution in [1.29, 1.82) is 0 Å². The fraction of sp³-hybridized carbons (Fsp3) is 0.261. The predicted octanol–water partition coefficient (Wildman–Crippen LogP) is 3.45. The third kappa shape index (κ3) is 5.34. The highest BCUT2D eigenvalue weighted by atomic mass is 35.5. The lowest BCUT2D eigenvalue weighted by Gasteiger charge is -2.33. The van der Waals surface area contributed by atoms with Crippen LogP contribution in [0, 0.1) is 0 Å². The minimum atomic E-state index is -0.0631. The topological polar surface area (TPSA) is 54.3 Å². The Bertz CT molecular complexity index is 1010. The highest BCUT2D eigenvalue weighted by Gasteiger charge is 2.23. The third-order valence-electron chi connectivity index (χ3n) is 5.12. The maximum Gasteiger partial charge on any atom is 0.276 e. The molecule has 1 fully saturated rings. The van der Waals surface area contributed by atoms with Gasteiger partial charge in [0, 0.05) is 37.7 Å². The van der Waals surface area contributed by atoms with Crippen molar-refractivity contribution in [1.82, 2.24) is 24.8 Å².